The van der Waals surface area contributed by atoms with Crippen LogP contribution in [0.2, 0.25) is 0 Å². The summed E-state index contributed by atoms with van der Waals surface area (Å²) in [6, 6.07) is 8.71. The van der Waals surface area contributed by atoms with E-state index in [4.69, 9.17) is 5.11 Å². The summed E-state index contributed by atoms with van der Waals surface area (Å²) in [4.78, 5) is 25.1. The molecule has 0 aliphatic carbocycles. The lowest BCUT2D eigenvalue weighted by Crippen LogP contribution is -2.59. The Morgan fingerprint density at radius 1 is 1.25 bits per heavy atom. The predicted molar refractivity (Wildman–Crippen MR) is 88.9 cm³/mol. The number of sulfonamides is 1. The van der Waals surface area contributed by atoms with Crippen LogP contribution in [0.1, 0.15) is 18.4 Å². The van der Waals surface area contributed by atoms with Crippen LogP contribution in [-0.2, 0) is 26.0 Å². The number of carbonyl (C=O) groups is 2. The number of hydrogen-bond donors (Lipinski definition) is 1. The molecule has 132 valence electrons. The van der Waals surface area contributed by atoms with Crippen molar-refractivity contribution in [2.24, 2.45) is 0 Å². The van der Waals surface area contributed by atoms with Crippen LogP contribution in [0.4, 0.5) is 0 Å². The topological polar surface area (TPSA) is 95.0 Å². The first kappa shape index (κ1) is 18.4. The minimum atomic E-state index is -3.62. The molecular formula is C16H22N2O5S. The molecule has 1 aromatic rings. The minimum Gasteiger partial charge on any atom is -0.481 e. The van der Waals surface area contributed by atoms with E-state index >= 15 is 0 Å². The zero-order chi connectivity index (χ0) is 17.7. The average molecular weight is 354 g/mol. The molecule has 8 heteroatoms. The van der Waals surface area contributed by atoms with Crippen molar-refractivity contribution in [2.45, 2.75) is 25.3 Å². The highest BCUT2D eigenvalue weighted by Crippen LogP contribution is 2.18. The summed E-state index contributed by atoms with van der Waals surface area (Å²) in [6.45, 7) is 0.909. The standard InChI is InChI=1S/C16H22N2O5S/c1-24(22,23)18-11-10-17(16(21)14(18)12-15(19)20)9-5-8-13-6-3-2-4-7-13/h2-4,6-7,14H,5,8-12H2,1H3,(H,19,20). The Kier molecular flexibility index (Phi) is 5.95. The number of aliphatic carboxylic acids is 1. The van der Waals surface area contributed by atoms with E-state index in [1.165, 1.54) is 5.56 Å². The SMILES string of the molecule is CS(=O)(=O)N1CCN(CCCc2ccccc2)C(=O)C1CC(=O)O. The molecule has 0 saturated carbocycles. The highest BCUT2D eigenvalue weighted by Gasteiger charge is 2.40. The zero-order valence-electron chi connectivity index (χ0n) is 13.6. The molecule has 1 amide bonds. The largest absolute Gasteiger partial charge is 0.481 e. The van der Waals surface area contributed by atoms with Gasteiger partial charge in [0.05, 0.1) is 12.7 Å². The fourth-order valence-corrected chi connectivity index (χ4v) is 3.95. The van der Waals surface area contributed by atoms with E-state index in [1.54, 1.807) is 4.90 Å². The molecule has 2 rings (SSSR count). The van der Waals surface area contributed by atoms with Gasteiger partial charge in [0.25, 0.3) is 0 Å². The molecule has 0 aromatic heterocycles. The number of carboxylic acid groups (broad SMARTS) is 1. The van der Waals surface area contributed by atoms with Crippen molar-refractivity contribution in [1.82, 2.24) is 9.21 Å². The second kappa shape index (κ2) is 7.76. The van der Waals surface area contributed by atoms with E-state index in [0.717, 1.165) is 23.4 Å². The maximum atomic E-state index is 12.5. The normalized spacial score (nSPS) is 19.5. The highest BCUT2D eigenvalue weighted by atomic mass is 32.2. The van der Waals surface area contributed by atoms with Gasteiger partial charge in [-0.15, -0.1) is 0 Å². The van der Waals surface area contributed by atoms with E-state index in [-0.39, 0.29) is 13.1 Å². The molecule has 1 N–H and O–H groups in total. The molecule has 1 aliphatic rings. The van der Waals surface area contributed by atoms with Gasteiger partial charge in [0.2, 0.25) is 15.9 Å². The van der Waals surface area contributed by atoms with Crippen molar-refractivity contribution in [3.05, 3.63) is 35.9 Å². The Bertz CT molecular complexity index is 690. The number of carbonyl (C=O) groups excluding carboxylic acids is 1. The van der Waals surface area contributed by atoms with Crippen LogP contribution in [0, 0.1) is 0 Å². The molecule has 7 nitrogen and oxygen atoms in total. The van der Waals surface area contributed by atoms with E-state index in [2.05, 4.69) is 0 Å². The van der Waals surface area contributed by atoms with Crippen LogP contribution >= 0.6 is 0 Å². The molecule has 1 aliphatic heterocycles. The monoisotopic (exact) mass is 354 g/mol. The lowest BCUT2D eigenvalue weighted by atomic mass is 10.1. The van der Waals surface area contributed by atoms with Gasteiger partial charge in [-0.25, -0.2) is 8.42 Å². The average Bonchev–Trinajstić information content (AvgIpc) is 2.50. The first-order valence-corrected chi connectivity index (χ1v) is 9.65. The predicted octanol–water partition coefficient (Wildman–Crippen LogP) is 0.566. The van der Waals surface area contributed by atoms with E-state index in [9.17, 15) is 18.0 Å². The van der Waals surface area contributed by atoms with E-state index < -0.39 is 34.4 Å². The van der Waals surface area contributed by atoms with Gasteiger partial charge >= 0.3 is 5.97 Å². The molecule has 1 heterocycles. The quantitative estimate of drug-likeness (QED) is 0.772. The van der Waals surface area contributed by atoms with Gasteiger partial charge in [-0.2, -0.15) is 4.31 Å². The van der Waals surface area contributed by atoms with Gasteiger partial charge in [-0.1, -0.05) is 30.3 Å². The fourth-order valence-electron chi connectivity index (χ4n) is 2.91. The number of benzene rings is 1. The molecule has 0 spiro atoms. The maximum Gasteiger partial charge on any atom is 0.305 e. The molecule has 0 radical (unpaired) electrons. The van der Waals surface area contributed by atoms with Crippen molar-refractivity contribution in [3.8, 4) is 0 Å². The first-order chi connectivity index (χ1) is 11.3. The molecule has 1 unspecified atom stereocenters. The smallest absolute Gasteiger partial charge is 0.305 e. The van der Waals surface area contributed by atoms with Gasteiger partial charge < -0.3 is 10.0 Å². The maximum absolute atomic E-state index is 12.5. The lowest BCUT2D eigenvalue weighted by molar-refractivity contribution is -0.146. The Morgan fingerprint density at radius 2 is 1.92 bits per heavy atom. The molecule has 1 saturated heterocycles. The van der Waals surface area contributed by atoms with Crippen molar-refractivity contribution >= 4 is 21.9 Å². The Hall–Kier alpha value is -1.93. The third-order valence-electron chi connectivity index (χ3n) is 4.06. The van der Waals surface area contributed by atoms with Crippen molar-refractivity contribution in [1.29, 1.82) is 0 Å². The van der Waals surface area contributed by atoms with Crippen molar-refractivity contribution < 1.29 is 23.1 Å². The summed E-state index contributed by atoms with van der Waals surface area (Å²) in [7, 11) is -3.62. The van der Waals surface area contributed by atoms with Gasteiger partial charge in [-0.05, 0) is 18.4 Å². The summed E-state index contributed by atoms with van der Waals surface area (Å²) in [6.07, 6.45) is 2.04. The highest BCUT2D eigenvalue weighted by molar-refractivity contribution is 7.88. The van der Waals surface area contributed by atoms with Crippen LogP contribution < -0.4 is 0 Å². The second-order valence-corrected chi connectivity index (χ2v) is 7.84. The van der Waals surface area contributed by atoms with E-state index in [1.807, 2.05) is 30.3 Å². The van der Waals surface area contributed by atoms with Crippen LogP contribution in [0.3, 0.4) is 0 Å². The van der Waals surface area contributed by atoms with Crippen LogP contribution in [0.25, 0.3) is 0 Å². The van der Waals surface area contributed by atoms with Crippen molar-refractivity contribution in [3.63, 3.8) is 0 Å². The molecule has 1 fully saturated rings. The lowest BCUT2D eigenvalue weighted by Gasteiger charge is -2.38. The summed E-state index contributed by atoms with van der Waals surface area (Å²) in [5.41, 5.74) is 1.17. The zero-order valence-corrected chi connectivity index (χ0v) is 14.4. The van der Waals surface area contributed by atoms with E-state index in [0.29, 0.717) is 6.54 Å². The number of nitrogens with zero attached hydrogens (tertiary/aromatic N) is 2. The fraction of sp³-hybridized carbons (Fsp3) is 0.500. The Labute approximate surface area is 141 Å². The number of aryl methyl sites for hydroxylation is 1. The third kappa shape index (κ3) is 4.78. The number of hydrogen-bond acceptors (Lipinski definition) is 4. The summed E-state index contributed by atoms with van der Waals surface area (Å²) in [5.74, 6) is -1.62. The van der Waals surface area contributed by atoms with Gasteiger partial charge in [0.1, 0.15) is 6.04 Å². The number of piperazine rings is 1. The Morgan fingerprint density at radius 3 is 2.50 bits per heavy atom. The number of carboxylic acids is 1. The third-order valence-corrected chi connectivity index (χ3v) is 5.35. The van der Waals surface area contributed by atoms with Crippen LogP contribution in [0.5, 0.6) is 0 Å². The van der Waals surface area contributed by atoms with Crippen LogP contribution in [-0.4, -0.2) is 66.5 Å². The number of rotatable bonds is 7. The molecular weight excluding hydrogens is 332 g/mol. The molecule has 1 aromatic carbocycles. The van der Waals surface area contributed by atoms with Crippen LogP contribution in [0.15, 0.2) is 30.3 Å². The molecule has 1 atom stereocenters. The molecule has 24 heavy (non-hydrogen) atoms. The minimum absolute atomic E-state index is 0.133. The Balaban J connectivity index is 2.00. The first-order valence-electron chi connectivity index (χ1n) is 7.80. The van der Waals surface area contributed by atoms with Gasteiger partial charge in [0.15, 0.2) is 0 Å². The summed E-state index contributed by atoms with van der Waals surface area (Å²) >= 11 is 0. The molecule has 0 bridgehead atoms. The second-order valence-electron chi connectivity index (χ2n) is 5.90. The summed E-state index contributed by atoms with van der Waals surface area (Å²) in [5, 5.41) is 8.99. The number of amides is 1. The summed E-state index contributed by atoms with van der Waals surface area (Å²) < 4.78 is 24.6. The van der Waals surface area contributed by atoms with Crippen molar-refractivity contribution in [2.75, 3.05) is 25.9 Å². The van der Waals surface area contributed by atoms with Gasteiger partial charge in [-0.3, -0.25) is 9.59 Å². The van der Waals surface area contributed by atoms with Gasteiger partial charge in [0, 0.05) is 19.6 Å².